The van der Waals surface area contributed by atoms with Gasteiger partial charge in [-0.25, -0.2) is 9.69 Å². The van der Waals surface area contributed by atoms with Crippen LogP contribution < -0.4 is 0 Å². The lowest BCUT2D eigenvalue weighted by Gasteiger charge is -2.20. The first kappa shape index (κ1) is 13.4. The van der Waals surface area contributed by atoms with Crippen LogP contribution in [0.3, 0.4) is 0 Å². The number of likely N-dealkylation sites (tertiary alicyclic amines) is 1. The maximum Gasteiger partial charge on any atom is 0.417 e. The first-order valence-electron chi connectivity index (χ1n) is 6.09. The largest absolute Gasteiger partial charge is 0.439 e. The van der Waals surface area contributed by atoms with Crippen molar-refractivity contribution in [2.75, 3.05) is 19.7 Å². The molecule has 0 saturated carbocycles. The molecule has 3 rings (SSSR count). The summed E-state index contributed by atoms with van der Waals surface area (Å²) < 4.78 is 5.25. The zero-order valence-corrected chi connectivity index (χ0v) is 11.9. The van der Waals surface area contributed by atoms with Gasteiger partial charge in [-0.2, -0.15) is 0 Å². The smallest absolute Gasteiger partial charge is 0.417 e. The van der Waals surface area contributed by atoms with E-state index in [9.17, 15) is 14.4 Å². The summed E-state index contributed by atoms with van der Waals surface area (Å²) in [5.41, 5.74) is 0. The molecule has 0 bridgehead atoms. The minimum atomic E-state index is -0.617. The molecule has 2 aliphatic rings. The molecular formula is C12H11ClN2O4S. The van der Waals surface area contributed by atoms with Gasteiger partial charge < -0.3 is 9.64 Å². The highest BCUT2D eigenvalue weighted by Gasteiger charge is 2.41. The third-order valence-corrected chi connectivity index (χ3v) is 4.60. The van der Waals surface area contributed by atoms with Crippen molar-refractivity contribution in [1.29, 1.82) is 0 Å². The number of rotatable bonds is 2. The zero-order chi connectivity index (χ0) is 14.3. The van der Waals surface area contributed by atoms with E-state index in [4.69, 9.17) is 16.3 Å². The summed E-state index contributed by atoms with van der Waals surface area (Å²) in [6.45, 7) is 0.648. The van der Waals surface area contributed by atoms with E-state index in [1.54, 1.807) is 17.0 Å². The second kappa shape index (κ2) is 5.06. The molecular weight excluding hydrogens is 304 g/mol. The van der Waals surface area contributed by atoms with Crippen molar-refractivity contribution in [2.24, 2.45) is 0 Å². The molecule has 1 aromatic heterocycles. The lowest BCUT2D eigenvalue weighted by molar-refractivity contribution is -0.127. The number of hydrogen-bond donors (Lipinski definition) is 0. The second-order valence-electron chi connectivity index (χ2n) is 4.62. The van der Waals surface area contributed by atoms with E-state index in [-0.39, 0.29) is 24.5 Å². The molecule has 1 aromatic rings. The van der Waals surface area contributed by atoms with Gasteiger partial charge in [-0.05, 0) is 18.6 Å². The molecule has 6 nitrogen and oxygen atoms in total. The van der Waals surface area contributed by atoms with Crippen LogP contribution in [0.2, 0.25) is 4.34 Å². The Bertz CT molecular complexity index is 572. The predicted octanol–water partition coefficient (Wildman–Crippen LogP) is 1.59. The molecule has 1 atom stereocenters. The molecule has 0 radical (unpaired) electrons. The summed E-state index contributed by atoms with van der Waals surface area (Å²) in [5, 5.41) is 0. The predicted molar refractivity (Wildman–Crippen MR) is 71.8 cm³/mol. The van der Waals surface area contributed by atoms with Gasteiger partial charge in [-0.15, -0.1) is 11.3 Å². The lowest BCUT2D eigenvalue weighted by atomic mass is 10.2. The normalized spacial score (nSPS) is 22.6. The zero-order valence-electron chi connectivity index (χ0n) is 10.4. The Balaban J connectivity index is 1.69. The molecule has 2 saturated heterocycles. The number of cyclic esters (lactones) is 1. The fraction of sp³-hybridized carbons (Fsp3) is 0.417. The van der Waals surface area contributed by atoms with Gasteiger partial charge in [0.15, 0.2) is 6.61 Å². The summed E-state index contributed by atoms with van der Waals surface area (Å²) >= 11 is 7.03. The van der Waals surface area contributed by atoms with Gasteiger partial charge >= 0.3 is 6.09 Å². The Morgan fingerprint density at radius 3 is 2.80 bits per heavy atom. The Kier molecular flexibility index (Phi) is 3.39. The number of hydrogen-bond acceptors (Lipinski definition) is 5. The minimum absolute atomic E-state index is 0.121. The fourth-order valence-electron chi connectivity index (χ4n) is 2.44. The summed E-state index contributed by atoms with van der Waals surface area (Å²) in [6, 6.07) is 3.06. The number of imide groups is 1. The molecule has 8 heteroatoms. The monoisotopic (exact) mass is 314 g/mol. The van der Waals surface area contributed by atoms with Gasteiger partial charge in [0.05, 0.1) is 15.3 Å². The molecule has 3 heterocycles. The highest BCUT2D eigenvalue weighted by molar-refractivity contribution is 7.17. The van der Waals surface area contributed by atoms with E-state index in [1.807, 2.05) is 0 Å². The fourth-order valence-corrected chi connectivity index (χ4v) is 3.45. The summed E-state index contributed by atoms with van der Waals surface area (Å²) in [5.74, 6) is -0.460. The topological polar surface area (TPSA) is 66.9 Å². The lowest BCUT2D eigenvalue weighted by Crippen LogP contribution is -2.41. The standard InChI is InChI=1S/C12H11ClN2O4S/c13-9-2-1-8(20-9)11(17)14-4-3-7(5-14)15-10(16)6-19-12(15)18/h1-2,7H,3-6H2. The Morgan fingerprint density at radius 2 is 2.20 bits per heavy atom. The number of carbonyl (C=O) groups excluding carboxylic acids is 3. The Labute approximate surface area is 123 Å². The van der Waals surface area contributed by atoms with Gasteiger partial charge in [0.1, 0.15) is 0 Å². The van der Waals surface area contributed by atoms with E-state index >= 15 is 0 Å². The average molecular weight is 315 g/mol. The highest BCUT2D eigenvalue weighted by Crippen LogP contribution is 2.26. The highest BCUT2D eigenvalue weighted by atomic mass is 35.5. The number of amides is 3. The maximum absolute atomic E-state index is 12.2. The summed E-state index contributed by atoms with van der Waals surface area (Å²) in [4.78, 5) is 38.6. The van der Waals surface area contributed by atoms with Crippen LogP contribution in [0.15, 0.2) is 12.1 Å². The summed E-state index contributed by atoms with van der Waals surface area (Å²) in [6.07, 6.45) is -0.0421. The Hall–Kier alpha value is -1.60. The molecule has 20 heavy (non-hydrogen) atoms. The molecule has 106 valence electrons. The van der Waals surface area contributed by atoms with Crippen molar-refractivity contribution in [3.05, 3.63) is 21.3 Å². The molecule has 0 spiro atoms. The van der Waals surface area contributed by atoms with E-state index in [0.717, 1.165) is 4.90 Å². The molecule has 0 aromatic carbocycles. The molecule has 1 unspecified atom stereocenters. The molecule has 2 fully saturated rings. The molecule has 3 amide bonds. The van der Waals surface area contributed by atoms with Gasteiger partial charge in [0.2, 0.25) is 0 Å². The first-order valence-corrected chi connectivity index (χ1v) is 7.29. The van der Waals surface area contributed by atoms with E-state index < -0.39 is 6.09 Å². The Morgan fingerprint density at radius 1 is 1.40 bits per heavy atom. The van der Waals surface area contributed by atoms with Gasteiger partial charge in [0.25, 0.3) is 11.8 Å². The van der Waals surface area contributed by atoms with Crippen molar-refractivity contribution >= 4 is 40.8 Å². The molecule has 2 aliphatic heterocycles. The molecule has 0 aliphatic carbocycles. The van der Waals surface area contributed by atoms with Crippen molar-refractivity contribution in [3.8, 4) is 0 Å². The third-order valence-electron chi connectivity index (χ3n) is 3.38. The van der Waals surface area contributed by atoms with E-state index in [2.05, 4.69) is 0 Å². The quantitative estimate of drug-likeness (QED) is 0.831. The number of thiophene rings is 1. The molecule has 0 N–H and O–H groups in total. The summed E-state index contributed by atoms with van der Waals surface area (Å²) in [7, 11) is 0. The van der Waals surface area contributed by atoms with Gasteiger partial charge in [-0.1, -0.05) is 11.6 Å². The van der Waals surface area contributed by atoms with E-state index in [1.165, 1.54) is 11.3 Å². The van der Waals surface area contributed by atoms with Crippen LogP contribution in [0, 0.1) is 0 Å². The van der Waals surface area contributed by atoms with Crippen molar-refractivity contribution < 1.29 is 19.1 Å². The number of ether oxygens (including phenoxy) is 1. The van der Waals surface area contributed by atoms with Crippen molar-refractivity contribution in [2.45, 2.75) is 12.5 Å². The van der Waals surface area contributed by atoms with Crippen LogP contribution in [0.5, 0.6) is 0 Å². The number of nitrogens with zero attached hydrogens (tertiary/aromatic N) is 2. The number of carbonyl (C=O) groups is 3. The van der Waals surface area contributed by atoms with Crippen LogP contribution in [0.25, 0.3) is 0 Å². The average Bonchev–Trinajstić information content (AvgIpc) is 3.10. The van der Waals surface area contributed by atoms with Crippen molar-refractivity contribution in [3.63, 3.8) is 0 Å². The van der Waals surface area contributed by atoms with Crippen LogP contribution in [0.4, 0.5) is 4.79 Å². The van der Waals surface area contributed by atoms with Crippen LogP contribution >= 0.6 is 22.9 Å². The van der Waals surface area contributed by atoms with Gasteiger partial charge in [0, 0.05) is 13.1 Å². The maximum atomic E-state index is 12.2. The number of halogens is 1. The second-order valence-corrected chi connectivity index (χ2v) is 6.33. The van der Waals surface area contributed by atoms with Crippen LogP contribution in [0.1, 0.15) is 16.1 Å². The van der Waals surface area contributed by atoms with Crippen LogP contribution in [-0.2, 0) is 9.53 Å². The van der Waals surface area contributed by atoms with Crippen LogP contribution in [-0.4, -0.2) is 53.4 Å². The SMILES string of the molecule is O=C(c1ccc(Cl)s1)N1CCC(N2C(=O)COC2=O)C1. The van der Waals surface area contributed by atoms with E-state index in [0.29, 0.717) is 28.7 Å². The van der Waals surface area contributed by atoms with Crippen molar-refractivity contribution in [1.82, 2.24) is 9.80 Å². The first-order chi connectivity index (χ1) is 9.56. The van der Waals surface area contributed by atoms with Gasteiger partial charge in [-0.3, -0.25) is 9.59 Å². The third kappa shape index (κ3) is 2.27. The minimum Gasteiger partial charge on any atom is -0.439 e.